The Labute approximate surface area is 161 Å². The number of sulfonamides is 1. The van der Waals surface area contributed by atoms with Crippen molar-refractivity contribution >= 4 is 21.8 Å². The van der Waals surface area contributed by atoms with E-state index >= 15 is 0 Å². The number of rotatable bonds is 4. The van der Waals surface area contributed by atoms with Crippen molar-refractivity contribution in [1.82, 2.24) is 9.62 Å². The van der Waals surface area contributed by atoms with E-state index in [1.54, 1.807) is 12.1 Å². The second-order valence-corrected chi connectivity index (χ2v) is 9.43. The molecule has 1 atom stereocenters. The molecule has 3 rings (SSSR count). The SMILES string of the molecule is Cc1ccc(S(=O)(=O)N2C(=O)CC[C@@H]2C(=O)NC2CCCCCCC2)cc1. The minimum atomic E-state index is -4.03. The molecule has 148 valence electrons. The molecule has 6 nitrogen and oxygen atoms in total. The zero-order chi connectivity index (χ0) is 19.4. The molecule has 0 bridgehead atoms. The molecule has 0 radical (unpaired) electrons. The first-order valence-corrected chi connectivity index (χ1v) is 11.3. The zero-order valence-corrected chi connectivity index (χ0v) is 16.6. The van der Waals surface area contributed by atoms with Gasteiger partial charge in [0, 0.05) is 12.5 Å². The highest BCUT2D eigenvalue weighted by molar-refractivity contribution is 7.89. The predicted octanol–water partition coefficient (Wildman–Crippen LogP) is 2.90. The predicted molar refractivity (Wildman–Crippen MR) is 102 cm³/mol. The lowest BCUT2D eigenvalue weighted by molar-refractivity contribution is -0.131. The molecule has 27 heavy (non-hydrogen) atoms. The summed E-state index contributed by atoms with van der Waals surface area (Å²) in [5.41, 5.74) is 0.931. The molecule has 1 saturated carbocycles. The van der Waals surface area contributed by atoms with Gasteiger partial charge in [0.05, 0.1) is 4.90 Å². The summed E-state index contributed by atoms with van der Waals surface area (Å²) in [4.78, 5) is 25.2. The fourth-order valence-corrected chi connectivity index (χ4v) is 5.52. The van der Waals surface area contributed by atoms with Gasteiger partial charge in [-0.25, -0.2) is 12.7 Å². The van der Waals surface area contributed by atoms with Crippen LogP contribution in [0.4, 0.5) is 0 Å². The van der Waals surface area contributed by atoms with Crippen LogP contribution in [0, 0.1) is 6.92 Å². The smallest absolute Gasteiger partial charge is 0.267 e. The molecule has 2 aliphatic rings. The van der Waals surface area contributed by atoms with E-state index in [1.807, 2.05) is 6.92 Å². The number of aryl methyl sites for hydroxylation is 1. The Morgan fingerprint density at radius 1 is 1.00 bits per heavy atom. The van der Waals surface area contributed by atoms with Gasteiger partial charge < -0.3 is 5.32 Å². The quantitative estimate of drug-likeness (QED) is 0.854. The second-order valence-electron chi connectivity index (χ2n) is 7.61. The Kier molecular flexibility index (Phi) is 6.19. The number of nitrogens with zero attached hydrogens (tertiary/aromatic N) is 1. The van der Waals surface area contributed by atoms with Crippen LogP contribution < -0.4 is 5.32 Å². The van der Waals surface area contributed by atoms with Gasteiger partial charge in [0.25, 0.3) is 10.0 Å². The zero-order valence-electron chi connectivity index (χ0n) is 15.8. The van der Waals surface area contributed by atoms with Crippen molar-refractivity contribution in [2.75, 3.05) is 0 Å². The molecule has 7 heteroatoms. The van der Waals surface area contributed by atoms with E-state index in [1.165, 1.54) is 31.4 Å². The number of hydrogen-bond acceptors (Lipinski definition) is 4. The maximum absolute atomic E-state index is 13.0. The number of carbonyl (C=O) groups is 2. The normalized spacial score (nSPS) is 22.3. The first-order valence-electron chi connectivity index (χ1n) is 9.84. The van der Waals surface area contributed by atoms with E-state index in [4.69, 9.17) is 0 Å². The molecule has 1 aliphatic carbocycles. The Bertz CT molecular complexity index is 781. The molecule has 2 fully saturated rings. The highest BCUT2D eigenvalue weighted by atomic mass is 32.2. The van der Waals surface area contributed by atoms with Crippen LogP contribution in [0.25, 0.3) is 0 Å². The summed E-state index contributed by atoms with van der Waals surface area (Å²) in [5, 5.41) is 3.01. The van der Waals surface area contributed by atoms with Gasteiger partial charge in [-0.3, -0.25) is 9.59 Å². The number of amides is 2. The molecular weight excluding hydrogens is 364 g/mol. The molecular formula is C20H28N2O4S. The van der Waals surface area contributed by atoms with Crippen molar-refractivity contribution in [3.8, 4) is 0 Å². The summed E-state index contributed by atoms with van der Waals surface area (Å²) in [7, 11) is -4.03. The highest BCUT2D eigenvalue weighted by Gasteiger charge is 2.44. The molecule has 1 aromatic carbocycles. The van der Waals surface area contributed by atoms with Gasteiger partial charge in [0.2, 0.25) is 11.8 Å². The van der Waals surface area contributed by atoms with Crippen LogP contribution in [-0.2, 0) is 19.6 Å². The Balaban J connectivity index is 1.76. The molecule has 1 saturated heterocycles. The molecule has 1 aromatic rings. The molecule has 0 aromatic heterocycles. The summed E-state index contributed by atoms with van der Waals surface area (Å²) in [6.07, 6.45) is 7.86. The standard InChI is InChI=1S/C20H28N2O4S/c1-15-9-11-17(12-10-15)27(25,26)22-18(13-14-19(22)23)20(24)21-16-7-5-3-2-4-6-8-16/h9-12,16,18H,2-8,13-14H2,1H3,(H,21,24)/t18-/m1/s1. The Morgan fingerprint density at radius 2 is 1.59 bits per heavy atom. The van der Waals surface area contributed by atoms with E-state index < -0.39 is 22.0 Å². The van der Waals surface area contributed by atoms with Crippen LogP contribution in [0.1, 0.15) is 63.4 Å². The minimum Gasteiger partial charge on any atom is -0.352 e. The first kappa shape index (κ1) is 19.9. The van der Waals surface area contributed by atoms with Crippen LogP contribution >= 0.6 is 0 Å². The van der Waals surface area contributed by atoms with Crippen molar-refractivity contribution in [1.29, 1.82) is 0 Å². The maximum Gasteiger partial charge on any atom is 0.267 e. The van der Waals surface area contributed by atoms with Gasteiger partial charge in [-0.1, -0.05) is 49.8 Å². The van der Waals surface area contributed by atoms with E-state index in [2.05, 4.69) is 5.32 Å². The van der Waals surface area contributed by atoms with E-state index in [9.17, 15) is 18.0 Å². The van der Waals surface area contributed by atoms with Crippen molar-refractivity contribution in [3.63, 3.8) is 0 Å². The molecule has 1 N–H and O–H groups in total. The van der Waals surface area contributed by atoms with Gasteiger partial charge in [0.1, 0.15) is 6.04 Å². The number of hydrogen-bond donors (Lipinski definition) is 1. The number of benzene rings is 1. The fourth-order valence-electron chi connectivity index (χ4n) is 3.92. The van der Waals surface area contributed by atoms with Crippen LogP contribution in [0.3, 0.4) is 0 Å². The van der Waals surface area contributed by atoms with Crippen LogP contribution in [0.2, 0.25) is 0 Å². The summed E-state index contributed by atoms with van der Waals surface area (Å²) in [6, 6.07) is 5.47. The van der Waals surface area contributed by atoms with E-state index in [0.717, 1.165) is 35.6 Å². The molecule has 0 unspecified atom stereocenters. The van der Waals surface area contributed by atoms with Gasteiger partial charge >= 0.3 is 0 Å². The number of carbonyl (C=O) groups excluding carboxylic acids is 2. The third-order valence-corrected chi connectivity index (χ3v) is 7.34. The largest absolute Gasteiger partial charge is 0.352 e. The van der Waals surface area contributed by atoms with Crippen molar-refractivity contribution < 1.29 is 18.0 Å². The monoisotopic (exact) mass is 392 g/mol. The summed E-state index contributed by atoms with van der Waals surface area (Å²) >= 11 is 0. The fraction of sp³-hybridized carbons (Fsp3) is 0.600. The summed E-state index contributed by atoms with van der Waals surface area (Å²) in [6.45, 7) is 1.86. The van der Waals surface area contributed by atoms with E-state index in [0.29, 0.717) is 0 Å². The third kappa shape index (κ3) is 4.51. The van der Waals surface area contributed by atoms with Gasteiger partial charge in [-0.2, -0.15) is 0 Å². The van der Waals surface area contributed by atoms with E-state index in [-0.39, 0.29) is 29.7 Å². The molecule has 1 aliphatic heterocycles. The minimum absolute atomic E-state index is 0.0482. The van der Waals surface area contributed by atoms with Crippen LogP contribution in [0.5, 0.6) is 0 Å². The van der Waals surface area contributed by atoms with Crippen molar-refractivity contribution in [3.05, 3.63) is 29.8 Å². The average Bonchev–Trinajstić information content (AvgIpc) is 3.00. The van der Waals surface area contributed by atoms with Crippen LogP contribution in [-0.4, -0.2) is 36.6 Å². The summed E-state index contributed by atoms with van der Waals surface area (Å²) in [5.74, 6) is -0.851. The summed E-state index contributed by atoms with van der Waals surface area (Å²) < 4.78 is 26.8. The lowest BCUT2D eigenvalue weighted by Crippen LogP contribution is -2.50. The lowest BCUT2D eigenvalue weighted by Gasteiger charge is -2.27. The second kappa shape index (κ2) is 8.42. The van der Waals surface area contributed by atoms with Crippen molar-refractivity contribution in [2.45, 2.75) is 81.7 Å². The lowest BCUT2D eigenvalue weighted by atomic mass is 9.96. The topological polar surface area (TPSA) is 83.6 Å². The highest BCUT2D eigenvalue weighted by Crippen LogP contribution is 2.28. The van der Waals surface area contributed by atoms with Crippen molar-refractivity contribution in [2.24, 2.45) is 0 Å². The third-order valence-electron chi connectivity index (χ3n) is 5.49. The first-order chi connectivity index (χ1) is 12.9. The maximum atomic E-state index is 13.0. The Hall–Kier alpha value is -1.89. The average molecular weight is 393 g/mol. The Morgan fingerprint density at radius 3 is 2.22 bits per heavy atom. The van der Waals surface area contributed by atoms with Crippen LogP contribution in [0.15, 0.2) is 29.2 Å². The molecule has 1 heterocycles. The number of nitrogens with one attached hydrogen (secondary N) is 1. The van der Waals surface area contributed by atoms with Gasteiger partial charge in [-0.05, 0) is 38.3 Å². The van der Waals surface area contributed by atoms with Gasteiger partial charge in [-0.15, -0.1) is 0 Å². The molecule has 2 amide bonds. The molecule has 0 spiro atoms. The van der Waals surface area contributed by atoms with Gasteiger partial charge in [0.15, 0.2) is 0 Å².